The molecule has 24 heavy (non-hydrogen) atoms. The predicted molar refractivity (Wildman–Crippen MR) is 100 cm³/mol. The molecule has 0 amide bonds. The number of hydrogen-bond acceptors (Lipinski definition) is 5. The standard InChI is InChI=1S/C18H36N6/c1-20-8-5-9-22(3)15-16-24(11-6-10-21(2)14-13-20)17-18-19-7-12-23(18)4/h7,12H,5-6,8-11,13-17H2,1-4H3. The van der Waals surface area contributed by atoms with Gasteiger partial charge >= 0.3 is 0 Å². The molecule has 2 rings (SSSR count). The van der Waals surface area contributed by atoms with Crippen LogP contribution in [0, 0.1) is 0 Å². The van der Waals surface area contributed by atoms with Gasteiger partial charge in [-0.2, -0.15) is 0 Å². The molecule has 0 radical (unpaired) electrons. The highest BCUT2D eigenvalue weighted by Crippen LogP contribution is 2.04. The molecule has 1 fully saturated rings. The molecule has 1 aromatic rings. The summed E-state index contributed by atoms with van der Waals surface area (Å²) < 4.78 is 2.14. The first kappa shape index (κ1) is 19.4. The van der Waals surface area contributed by atoms with Crippen molar-refractivity contribution in [1.29, 1.82) is 0 Å². The van der Waals surface area contributed by atoms with Crippen LogP contribution in [-0.2, 0) is 13.6 Å². The van der Waals surface area contributed by atoms with Crippen LogP contribution in [0.5, 0.6) is 0 Å². The number of likely N-dealkylation sites (N-methyl/N-ethyl adjacent to an activating group) is 3. The molecule has 0 bridgehead atoms. The van der Waals surface area contributed by atoms with Crippen molar-refractivity contribution in [2.24, 2.45) is 7.05 Å². The van der Waals surface area contributed by atoms with Crippen LogP contribution in [0.4, 0.5) is 0 Å². The number of aryl methyl sites for hydroxylation is 1. The number of hydrogen-bond donors (Lipinski definition) is 0. The molecule has 1 aliphatic heterocycles. The van der Waals surface area contributed by atoms with Gasteiger partial charge in [0.1, 0.15) is 5.82 Å². The minimum Gasteiger partial charge on any atom is -0.337 e. The smallest absolute Gasteiger partial charge is 0.122 e. The van der Waals surface area contributed by atoms with E-state index >= 15 is 0 Å². The van der Waals surface area contributed by atoms with Crippen molar-refractivity contribution in [3.8, 4) is 0 Å². The monoisotopic (exact) mass is 336 g/mol. The normalized spacial score (nSPS) is 22.5. The van der Waals surface area contributed by atoms with Gasteiger partial charge in [-0.25, -0.2) is 4.98 Å². The third-order valence-corrected chi connectivity index (χ3v) is 5.04. The SMILES string of the molecule is CN1CCCN(C)CCN(Cc2nccn2C)CCCN(C)CC1. The average molecular weight is 337 g/mol. The lowest BCUT2D eigenvalue weighted by molar-refractivity contribution is 0.183. The van der Waals surface area contributed by atoms with Crippen molar-refractivity contribution in [2.45, 2.75) is 19.4 Å². The molecule has 0 aliphatic carbocycles. The summed E-state index contributed by atoms with van der Waals surface area (Å²) in [5.41, 5.74) is 0. The molecule has 1 aromatic heterocycles. The molecule has 138 valence electrons. The summed E-state index contributed by atoms with van der Waals surface area (Å²) in [6.45, 7) is 10.2. The Morgan fingerprint density at radius 3 is 1.83 bits per heavy atom. The van der Waals surface area contributed by atoms with Crippen molar-refractivity contribution < 1.29 is 0 Å². The first-order chi connectivity index (χ1) is 11.5. The Morgan fingerprint density at radius 1 is 0.750 bits per heavy atom. The molecule has 0 saturated carbocycles. The molecule has 0 spiro atoms. The largest absolute Gasteiger partial charge is 0.337 e. The predicted octanol–water partition coefficient (Wildman–Crippen LogP) is 0.811. The minimum absolute atomic E-state index is 0.948. The Balaban J connectivity index is 1.91. The van der Waals surface area contributed by atoms with Gasteiger partial charge in [0.25, 0.3) is 0 Å². The number of rotatable bonds is 2. The molecule has 0 unspecified atom stereocenters. The zero-order chi connectivity index (χ0) is 17.4. The zero-order valence-electron chi connectivity index (χ0n) is 16.1. The molecule has 0 N–H and O–H groups in total. The van der Waals surface area contributed by atoms with E-state index in [2.05, 4.69) is 57.3 Å². The molecule has 2 heterocycles. The van der Waals surface area contributed by atoms with Gasteiger partial charge in [0.2, 0.25) is 0 Å². The molecule has 0 aromatic carbocycles. The van der Waals surface area contributed by atoms with E-state index in [4.69, 9.17) is 0 Å². The second-order valence-corrected chi connectivity index (χ2v) is 7.35. The van der Waals surface area contributed by atoms with Gasteiger partial charge in [-0.3, -0.25) is 4.90 Å². The van der Waals surface area contributed by atoms with Crippen molar-refractivity contribution in [3.05, 3.63) is 18.2 Å². The lowest BCUT2D eigenvalue weighted by Gasteiger charge is -2.28. The van der Waals surface area contributed by atoms with Gasteiger partial charge in [-0.1, -0.05) is 0 Å². The Morgan fingerprint density at radius 2 is 1.29 bits per heavy atom. The van der Waals surface area contributed by atoms with E-state index in [1.54, 1.807) is 0 Å². The molecule has 1 saturated heterocycles. The van der Waals surface area contributed by atoms with Gasteiger partial charge < -0.3 is 19.3 Å². The average Bonchev–Trinajstić information content (AvgIpc) is 2.94. The van der Waals surface area contributed by atoms with Crippen LogP contribution in [0.3, 0.4) is 0 Å². The van der Waals surface area contributed by atoms with E-state index < -0.39 is 0 Å². The highest BCUT2D eigenvalue weighted by Gasteiger charge is 2.12. The Bertz CT molecular complexity index is 460. The van der Waals surface area contributed by atoms with Crippen LogP contribution in [0.1, 0.15) is 18.7 Å². The molecular formula is C18H36N6. The summed E-state index contributed by atoms with van der Waals surface area (Å²) in [6.07, 6.45) is 6.40. The van der Waals surface area contributed by atoms with E-state index in [1.165, 1.54) is 32.5 Å². The van der Waals surface area contributed by atoms with Crippen molar-refractivity contribution in [2.75, 3.05) is 73.5 Å². The van der Waals surface area contributed by atoms with Gasteiger partial charge in [0.15, 0.2) is 0 Å². The van der Waals surface area contributed by atoms with Gasteiger partial charge in [-0.05, 0) is 60.2 Å². The fourth-order valence-electron chi connectivity index (χ4n) is 3.18. The van der Waals surface area contributed by atoms with E-state index in [0.29, 0.717) is 0 Å². The Kier molecular flexibility index (Phi) is 8.18. The minimum atomic E-state index is 0.948. The summed E-state index contributed by atoms with van der Waals surface area (Å²) >= 11 is 0. The summed E-state index contributed by atoms with van der Waals surface area (Å²) in [6, 6.07) is 0. The van der Waals surface area contributed by atoms with Crippen LogP contribution in [0.15, 0.2) is 12.4 Å². The quantitative estimate of drug-likeness (QED) is 0.798. The van der Waals surface area contributed by atoms with Crippen LogP contribution in [-0.4, -0.2) is 103 Å². The lowest BCUT2D eigenvalue weighted by Crippen LogP contribution is -2.38. The van der Waals surface area contributed by atoms with E-state index in [-0.39, 0.29) is 0 Å². The number of nitrogens with zero attached hydrogens (tertiary/aromatic N) is 6. The van der Waals surface area contributed by atoms with Gasteiger partial charge in [0.05, 0.1) is 6.54 Å². The highest BCUT2D eigenvalue weighted by molar-refractivity contribution is 4.91. The fourth-order valence-corrected chi connectivity index (χ4v) is 3.18. The second-order valence-electron chi connectivity index (χ2n) is 7.35. The van der Waals surface area contributed by atoms with E-state index in [1.807, 2.05) is 12.4 Å². The van der Waals surface area contributed by atoms with Crippen molar-refractivity contribution >= 4 is 0 Å². The van der Waals surface area contributed by atoms with Crippen LogP contribution in [0.25, 0.3) is 0 Å². The van der Waals surface area contributed by atoms with E-state index in [9.17, 15) is 0 Å². The van der Waals surface area contributed by atoms with Crippen molar-refractivity contribution in [1.82, 2.24) is 29.2 Å². The topological polar surface area (TPSA) is 30.8 Å². The second kappa shape index (κ2) is 10.1. The maximum atomic E-state index is 4.50. The van der Waals surface area contributed by atoms with Crippen LogP contribution in [0.2, 0.25) is 0 Å². The first-order valence-electron chi connectivity index (χ1n) is 9.29. The third-order valence-electron chi connectivity index (χ3n) is 5.04. The summed E-state index contributed by atoms with van der Waals surface area (Å²) in [5, 5.41) is 0. The van der Waals surface area contributed by atoms with Crippen molar-refractivity contribution in [3.63, 3.8) is 0 Å². The molecule has 1 aliphatic rings. The summed E-state index contributed by atoms with van der Waals surface area (Å²) in [7, 11) is 8.83. The maximum absolute atomic E-state index is 4.50. The molecule has 0 atom stereocenters. The van der Waals surface area contributed by atoms with Crippen LogP contribution < -0.4 is 0 Å². The van der Waals surface area contributed by atoms with Gasteiger partial charge in [-0.15, -0.1) is 0 Å². The Hall–Kier alpha value is -0.950. The maximum Gasteiger partial charge on any atom is 0.122 e. The number of imidazole rings is 1. The van der Waals surface area contributed by atoms with Gasteiger partial charge in [0, 0.05) is 45.6 Å². The zero-order valence-corrected chi connectivity index (χ0v) is 16.1. The fraction of sp³-hybridized carbons (Fsp3) is 0.833. The molecule has 6 nitrogen and oxygen atoms in total. The van der Waals surface area contributed by atoms with E-state index in [0.717, 1.165) is 45.1 Å². The van der Waals surface area contributed by atoms with Crippen LogP contribution >= 0.6 is 0 Å². The lowest BCUT2D eigenvalue weighted by atomic mass is 10.3. The first-order valence-corrected chi connectivity index (χ1v) is 9.29. The Labute approximate surface area is 148 Å². The molecule has 6 heteroatoms. The summed E-state index contributed by atoms with van der Waals surface area (Å²) in [5.74, 6) is 1.16. The molecular weight excluding hydrogens is 300 g/mol. The highest BCUT2D eigenvalue weighted by atomic mass is 15.2. The third kappa shape index (κ3) is 6.89. The summed E-state index contributed by atoms with van der Waals surface area (Å²) in [4.78, 5) is 14.5. The number of aromatic nitrogens is 2.